The number of aliphatic hydroxyl groups is 1. The smallest absolute Gasteiger partial charge is 0.396 e. The molecule has 7 heteroatoms. The average Bonchev–Trinajstić information content (AvgIpc) is 2.72. The molecule has 0 radical (unpaired) electrons. The van der Waals surface area contributed by atoms with Gasteiger partial charge in [0, 0.05) is 20.1 Å². The maximum atomic E-state index is 10.6. The van der Waals surface area contributed by atoms with Gasteiger partial charge in [-0.25, -0.2) is 4.57 Å². The first-order valence-corrected chi connectivity index (χ1v) is 4.98. The van der Waals surface area contributed by atoms with Gasteiger partial charge in [0.05, 0.1) is 12.6 Å². The van der Waals surface area contributed by atoms with Crippen LogP contribution < -0.4 is 0 Å². The zero-order valence-electron chi connectivity index (χ0n) is 9.07. The zero-order valence-corrected chi connectivity index (χ0v) is 9.07. The van der Waals surface area contributed by atoms with E-state index in [9.17, 15) is 10.1 Å². The van der Waals surface area contributed by atoms with E-state index in [1.807, 2.05) is 0 Å². The van der Waals surface area contributed by atoms with Gasteiger partial charge in [0.2, 0.25) is 0 Å². The highest BCUT2D eigenvalue weighted by Crippen LogP contribution is 2.11. The van der Waals surface area contributed by atoms with Crippen LogP contribution in [-0.2, 0) is 11.3 Å². The summed E-state index contributed by atoms with van der Waals surface area (Å²) in [7, 11) is 1.56. The van der Waals surface area contributed by atoms with Crippen molar-refractivity contribution in [2.24, 2.45) is 0 Å². The lowest BCUT2D eigenvalue weighted by Crippen LogP contribution is -2.16. The standard InChI is InChI=1S/C9H15N3O4/c1-16-8(3-7-13)2-5-11-6-4-10-9(11)12(14)15/h4,6,8,13H,2-3,5,7H2,1H3. The van der Waals surface area contributed by atoms with Crippen molar-refractivity contribution in [3.05, 3.63) is 22.5 Å². The minimum atomic E-state index is -0.520. The number of aryl methyl sites for hydroxylation is 1. The Balaban J connectivity index is 2.53. The van der Waals surface area contributed by atoms with Crippen LogP contribution in [0.25, 0.3) is 0 Å². The molecule has 7 nitrogen and oxygen atoms in total. The first-order chi connectivity index (χ1) is 7.69. The number of imidazole rings is 1. The van der Waals surface area contributed by atoms with Gasteiger partial charge in [-0.05, 0) is 11.3 Å². The van der Waals surface area contributed by atoms with E-state index in [0.717, 1.165) is 0 Å². The Labute approximate surface area is 92.8 Å². The van der Waals surface area contributed by atoms with E-state index in [1.54, 1.807) is 13.3 Å². The van der Waals surface area contributed by atoms with Gasteiger partial charge in [-0.2, -0.15) is 0 Å². The normalized spacial score (nSPS) is 12.6. The molecule has 16 heavy (non-hydrogen) atoms. The van der Waals surface area contributed by atoms with E-state index >= 15 is 0 Å². The van der Waals surface area contributed by atoms with Crippen LogP contribution in [0, 0.1) is 10.1 Å². The van der Waals surface area contributed by atoms with Gasteiger partial charge in [0.1, 0.15) is 12.4 Å². The molecule has 0 aliphatic carbocycles. The van der Waals surface area contributed by atoms with Crippen molar-refractivity contribution in [3.8, 4) is 0 Å². The van der Waals surface area contributed by atoms with Crippen molar-refractivity contribution in [1.29, 1.82) is 0 Å². The van der Waals surface area contributed by atoms with E-state index in [1.165, 1.54) is 10.8 Å². The summed E-state index contributed by atoms with van der Waals surface area (Å²) in [6.07, 6.45) is 4.00. The monoisotopic (exact) mass is 229 g/mol. The Bertz CT molecular complexity index is 339. The number of hydrogen-bond donors (Lipinski definition) is 1. The lowest BCUT2D eigenvalue weighted by molar-refractivity contribution is -0.396. The predicted octanol–water partition coefficient (Wildman–Crippen LogP) is 0.579. The number of aliphatic hydroxyl groups excluding tert-OH is 1. The van der Waals surface area contributed by atoms with Crippen molar-refractivity contribution in [3.63, 3.8) is 0 Å². The molecule has 0 bridgehead atoms. The van der Waals surface area contributed by atoms with Crippen LogP contribution in [0.5, 0.6) is 0 Å². The summed E-state index contributed by atoms with van der Waals surface area (Å²) in [5.41, 5.74) is 0. The van der Waals surface area contributed by atoms with Crippen LogP contribution in [0.1, 0.15) is 12.8 Å². The molecular weight excluding hydrogens is 214 g/mol. The molecule has 1 aromatic rings. The van der Waals surface area contributed by atoms with E-state index in [0.29, 0.717) is 19.4 Å². The second-order valence-corrected chi connectivity index (χ2v) is 3.34. The highest BCUT2D eigenvalue weighted by atomic mass is 16.6. The third kappa shape index (κ3) is 3.28. The average molecular weight is 229 g/mol. The molecule has 1 aromatic heterocycles. The molecule has 0 saturated carbocycles. The molecule has 0 aliphatic heterocycles. The van der Waals surface area contributed by atoms with Crippen LogP contribution in [0.15, 0.2) is 12.4 Å². The van der Waals surface area contributed by atoms with Crippen LogP contribution in [0.4, 0.5) is 5.95 Å². The van der Waals surface area contributed by atoms with Crippen molar-refractivity contribution in [2.45, 2.75) is 25.5 Å². The zero-order chi connectivity index (χ0) is 12.0. The van der Waals surface area contributed by atoms with Gasteiger partial charge in [0.15, 0.2) is 0 Å². The molecule has 1 atom stereocenters. The SMILES string of the molecule is COC(CCO)CCn1ccnc1[N+](=O)[O-]. The summed E-state index contributed by atoms with van der Waals surface area (Å²) in [5.74, 6) is -0.168. The molecule has 0 fully saturated rings. The maximum Gasteiger partial charge on any atom is 0.434 e. The fourth-order valence-electron chi connectivity index (χ4n) is 1.45. The van der Waals surface area contributed by atoms with Crippen LogP contribution in [-0.4, -0.2) is 39.4 Å². The number of aromatic nitrogens is 2. The summed E-state index contributed by atoms with van der Waals surface area (Å²) in [6, 6.07) is 0. The topological polar surface area (TPSA) is 90.4 Å². The summed E-state index contributed by atoms with van der Waals surface area (Å²) in [5, 5.41) is 19.3. The van der Waals surface area contributed by atoms with E-state index in [4.69, 9.17) is 9.84 Å². The third-order valence-corrected chi connectivity index (χ3v) is 2.33. The highest BCUT2D eigenvalue weighted by Gasteiger charge is 2.15. The van der Waals surface area contributed by atoms with Crippen molar-refractivity contribution >= 4 is 5.95 Å². The number of methoxy groups -OCH3 is 1. The molecule has 1 heterocycles. The van der Waals surface area contributed by atoms with Gasteiger partial charge in [-0.15, -0.1) is 0 Å². The minimum Gasteiger partial charge on any atom is -0.396 e. The van der Waals surface area contributed by atoms with Gasteiger partial charge in [-0.3, -0.25) is 0 Å². The van der Waals surface area contributed by atoms with Crippen LogP contribution in [0.3, 0.4) is 0 Å². The van der Waals surface area contributed by atoms with Crippen molar-refractivity contribution < 1.29 is 14.8 Å². The van der Waals surface area contributed by atoms with Gasteiger partial charge >= 0.3 is 5.95 Å². The number of hydrogen-bond acceptors (Lipinski definition) is 5. The Hall–Kier alpha value is -1.47. The fraction of sp³-hybridized carbons (Fsp3) is 0.667. The quantitative estimate of drug-likeness (QED) is 0.545. The van der Waals surface area contributed by atoms with Gasteiger partial charge < -0.3 is 20.0 Å². The molecule has 0 amide bonds. The van der Waals surface area contributed by atoms with Crippen molar-refractivity contribution in [2.75, 3.05) is 13.7 Å². The van der Waals surface area contributed by atoms with Crippen LogP contribution in [0.2, 0.25) is 0 Å². The first-order valence-electron chi connectivity index (χ1n) is 4.98. The largest absolute Gasteiger partial charge is 0.434 e. The lowest BCUT2D eigenvalue weighted by atomic mass is 10.2. The molecule has 1 N–H and O–H groups in total. The highest BCUT2D eigenvalue weighted by molar-refractivity contribution is 5.06. The Morgan fingerprint density at radius 3 is 3.00 bits per heavy atom. The predicted molar refractivity (Wildman–Crippen MR) is 56.0 cm³/mol. The Morgan fingerprint density at radius 2 is 2.44 bits per heavy atom. The van der Waals surface area contributed by atoms with E-state index in [2.05, 4.69) is 4.98 Å². The first kappa shape index (κ1) is 12.6. The number of nitro groups is 1. The number of nitrogens with zero attached hydrogens (tertiary/aromatic N) is 3. The summed E-state index contributed by atoms with van der Waals surface area (Å²) < 4.78 is 6.59. The second-order valence-electron chi connectivity index (χ2n) is 3.34. The second kappa shape index (κ2) is 6.19. The fourth-order valence-corrected chi connectivity index (χ4v) is 1.45. The minimum absolute atomic E-state index is 0.0462. The van der Waals surface area contributed by atoms with Gasteiger partial charge in [-0.1, -0.05) is 4.98 Å². The number of rotatable bonds is 7. The molecule has 1 rings (SSSR count). The molecule has 90 valence electrons. The summed E-state index contributed by atoms with van der Waals surface area (Å²) >= 11 is 0. The molecular formula is C9H15N3O4. The molecule has 1 unspecified atom stereocenters. The van der Waals surface area contributed by atoms with Crippen molar-refractivity contribution in [1.82, 2.24) is 9.55 Å². The maximum absolute atomic E-state index is 10.6. The lowest BCUT2D eigenvalue weighted by Gasteiger charge is -2.12. The molecule has 0 aromatic carbocycles. The Morgan fingerprint density at radius 1 is 1.69 bits per heavy atom. The summed E-state index contributed by atoms with van der Waals surface area (Å²) in [4.78, 5) is 13.7. The Kier molecular flexibility index (Phi) is 4.87. The molecule has 0 aliphatic rings. The van der Waals surface area contributed by atoms with E-state index in [-0.39, 0.29) is 18.7 Å². The number of ether oxygens (including phenoxy) is 1. The van der Waals surface area contributed by atoms with E-state index < -0.39 is 4.92 Å². The van der Waals surface area contributed by atoms with Crippen LogP contribution >= 0.6 is 0 Å². The molecule has 0 saturated heterocycles. The van der Waals surface area contributed by atoms with Gasteiger partial charge in [0.25, 0.3) is 0 Å². The summed E-state index contributed by atoms with van der Waals surface area (Å²) in [6.45, 7) is 0.499. The third-order valence-electron chi connectivity index (χ3n) is 2.33. The molecule has 0 spiro atoms.